The molecular formula is C19H16BrFN4O. The van der Waals surface area contributed by atoms with Gasteiger partial charge in [-0.2, -0.15) is 5.10 Å². The van der Waals surface area contributed by atoms with Gasteiger partial charge in [-0.15, -0.1) is 0 Å². The quantitative estimate of drug-likeness (QED) is 0.627. The summed E-state index contributed by atoms with van der Waals surface area (Å²) in [4.78, 5) is 15.9. The van der Waals surface area contributed by atoms with E-state index in [0.717, 1.165) is 15.6 Å². The molecule has 7 heteroatoms. The molecule has 1 amide bonds. The maximum Gasteiger partial charge on any atom is 0.244 e. The fourth-order valence-corrected chi connectivity index (χ4v) is 2.77. The van der Waals surface area contributed by atoms with E-state index >= 15 is 0 Å². The molecule has 0 saturated carbocycles. The van der Waals surface area contributed by atoms with Crippen LogP contribution in [0.1, 0.15) is 16.7 Å². The first-order valence-corrected chi connectivity index (χ1v) is 8.70. The van der Waals surface area contributed by atoms with Crippen LogP contribution in [0.15, 0.2) is 65.7 Å². The van der Waals surface area contributed by atoms with E-state index in [4.69, 9.17) is 0 Å². The van der Waals surface area contributed by atoms with Crippen molar-refractivity contribution in [2.24, 2.45) is 0 Å². The smallest absolute Gasteiger partial charge is 0.244 e. The zero-order chi connectivity index (χ0) is 18.4. The molecule has 0 bridgehead atoms. The predicted molar refractivity (Wildman–Crippen MR) is 101 cm³/mol. The van der Waals surface area contributed by atoms with Crippen LogP contribution < -0.4 is 5.32 Å². The second kappa shape index (κ2) is 8.53. The van der Waals surface area contributed by atoms with Crippen LogP contribution in [0.25, 0.3) is 6.08 Å². The summed E-state index contributed by atoms with van der Waals surface area (Å²) in [7, 11) is 0. The molecule has 0 aliphatic rings. The molecule has 3 aromatic rings. The maximum atomic E-state index is 13.7. The minimum Gasteiger partial charge on any atom is -0.348 e. The summed E-state index contributed by atoms with van der Waals surface area (Å²) in [6.07, 6.45) is 5.92. The van der Waals surface area contributed by atoms with E-state index in [1.165, 1.54) is 24.5 Å². The normalized spacial score (nSPS) is 11.0. The number of nitrogens with zero attached hydrogens (tertiary/aromatic N) is 3. The van der Waals surface area contributed by atoms with Gasteiger partial charge in [0.2, 0.25) is 5.91 Å². The van der Waals surface area contributed by atoms with Gasteiger partial charge in [0.05, 0.1) is 6.54 Å². The first-order valence-electron chi connectivity index (χ1n) is 7.91. The van der Waals surface area contributed by atoms with Gasteiger partial charge in [-0.05, 0) is 35.4 Å². The Hall–Kier alpha value is -2.80. The third-order valence-electron chi connectivity index (χ3n) is 3.64. The Morgan fingerprint density at radius 2 is 2.08 bits per heavy atom. The number of nitrogens with one attached hydrogen (secondary N) is 1. The number of benzene rings is 2. The molecule has 0 fully saturated rings. The van der Waals surface area contributed by atoms with Crippen molar-refractivity contribution in [3.05, 3.63) is 88.2 Å². The summed E-state index contributed by atoms with van der Waals surface area (Å²) in [6, 6.07) is 12.4. The number of hydrogen-bond acceptors (Lipinski definition) is 3. The van der Waals surface area contributed by atoms with E-state index in [0.29, 0.717) is 18.7 Å². The maximum absolute atomic E-state index is 13.7. The molecule has 5 nitrogen and oxygen atoms in total. The van der Waals surface area contributed by atoms with E-state index in [2.05, 4.69) is 31.3 Å². The lowest BCUT2D eigenvalue weighted by atomic mass is 10.1. The average Bonchev–Trinajstić information content (AvgIpc) is 3.14. The molecule has 1 heterocycles. The fourth-order valence-electron chi connectivity index (χ4n) is 2.40. The van der Waals surface area contributed by atoms with Crippen molar-refractivity contribution >= 4 is 27.9 Å². The molecule has 0 spiro atoms. The second-order valence-corrected chi connectivity index (χ2v) is 6.55. The SMILES string of the molecule is O=C(/C=C/c1cc(Br)ccc1F)NCc1cccc(Cn2cncn2)c1. The number of carbonyl (C=O) groups excluding carboxylic acids is 1. The van der Waals surface area contributed by atoms with Crippen LogP contribution in [0.4, 0.5) is 4.39 Å². The molecule has 0 radical (unpaired) electrons. The third kappa shape index (κ3) is 5.10. The van der Waals surface area contributed by atoms with Crippen molar-refractivity contribution in [2.45, 2.75) is 13.1 Å². The number of rotatable bonds is 6. The summed E-state index contributed by atoms with van der Waals surface area (Å²) in [5, 5.41) is 6.87. The van der Waals surface area contributed by atoms with E-state index in [-0.39, 0.29) is 11.7 Å². The highest BCUT2D eigenvalue weighted by molar-refractivity contribution is 9.10. The van der Waals surface area contributed by atoms with Crippen molar-refractivity contribution in [1.29, 1.82) is 0 Å². The Bertz CT molecular complexity index is 925. The van der Waals surface area contributed by atoms with Gasteiger partial charge in [0, 0.05) is 22.7 Å². The van der Waals surface area contributed by atoms with Crippen molar-refractivity contribution in [3.8, 4) is 0 Å². The number of amides is 1. The van der Waals surface area contributed by atoms with Crippen molar-refractivity contribution < 1.29 is 9.18 Å². The van der Waals surface area contributed by atoms with Crippen LogP contribution in [-0.2, 0) is 17.9 Å². The van der Waals surface area contributed by atoms with Gasteiger partial charge in [-0.25, -0.2) is 14.1 Å². The molecule has 1 aromatic heterocycles. The number of aromatic nitrogens is 3. The number of hydrogen-bond donors (Lipinski definition) is 1. The van der Waals surface area contributed by atoms with Crippen molar-refractivity contribution in [1.82, 2.24) is 20.1 Å². The molecule has 26 heavy (non-hydrogen) atoms. The second-order valence-electron chi connectivity index (χ2n) is 5.63. The number of halogens is 2. The van der Waals surface area contributed by atoms with Crippen LogP contribution in [0, 0.1) is 5.82 Å². The van der Waals surface area contributed by atoms with Crippen LogP contribution in [0.2, 0.25) is 0 Å². The van der Waals surface area contributed by atoms with Gasteiger partial charge in [-0.3, -0.25) is 4.79 Å². The Morgan fingerprint density at radius 3 is 2.88 bits per heavy atom. The predicted octanol–water partition coefficient (Wildman–Crippen LogP) is 3.56. The summed E-state index contributed by atoms with van der Waals surface area (Å²) in [5.74, 6) is -0.663. The van der Waals surface area contributed by atoms with Crippen LogP contribution in [0.3, 0.4) is 0 Å². The Kier molecular flexibility index (Phi) is 5.91. The topological polar surface area (TPSA) is 59.8 Å². The monoisotopic (exact) mass is 414 g/mol. The van der Waals surface area contributed by atoms with E-state index in [9.17, 15) is 9.18 Å². The summed E-state index contributed by atoms with van der Waals surface area (Å²) in [6.45, 7) is 0.999. The zero-order valence-corrected chi connectivity index (χ0v) is 15.4. The fraction of sp³-hybridized carbons (Fsp3) is 0.105. The minimum atomic E-state index is -0.377. The molecular weight excluding hydrogens is 399 g/mol. The van der Waals surface area contributed by atoms with Gasteiger partial charge < -0.3 is 5.32 Å². The highest BCUT2D eigenvalue weighted by Crippen LogP contribution is 2.16. The van der Waals surface area contributed by atoms with Crippen LogP contribution in [-0.4, -0.2) is 20.7 Å². The van der Waals surface area contributed by atoms with E-state index in [1.807, 2.05) is 24.3 Å². The lowest BCUT2D eigenvalue weighted by Crippen LogP contribution is -2.20. The Morgan fingerprint density at radius 1 is 1.23 bits per heavy atom. The molecule has 0 aliphatic carbocycles. The molecule has 2 aromatic carbocycles. The Balaban J connectivity index is 1.57. The van der Waals surface area contributed by atoms with Gasteiger partial charge in [0.15, 0.2) is 0 Å². The van der Waals surface area contributed by atoms with Gasteiger partial charge in [-0.1, -0.05) is 40.2 Å². The van der Waals surface area contributed by atoms with Crippen LogP contribution in [0.5, 0.6) is 0 Å². The highest BCUT2D eigenvalue weighted by atomic mass is 79.9. The lowest BCUT2D eigenvalue weighted by molar-refractivity contribution is -0.116. The third-order valence-corrected chi connectivity index (χ3v) is 4.13. The summed E-state index contributed by atoms with van der Waals surface area (Å²) < 4.78 is 16.1. The largest absolute Gasteiger partial charge is 0.348 e. The van der Waals surface area contributed by atoms with Gasteiger partial charge in [0.1, 0.15) is 18.5 Å². The molecule has 0 atom stereocenters. The Labute approximate surface area is 158 Å². The first kappa shape index (κ1) is 18.0. The van der Waals surface area contributed by atoms with Crippen LogP contribution >= 0.6 is 15.9 Å². The summed E-state index contributed by atoms with van der Waals surface area (Å²) >= 11 is 3.28. The summed E-state index contributed by atoms with van der Waals surface area (Å²) in [5.41, 5.74) is 2.39. The van der Waals surface area contributed by atoms with E-state index in [1.54, 1.807) is 23.1 Å². The van der Waals surface area contributed by atoms with Crippen molar-refractivity contribution in [2.75, 3.05) is 0 Å². The molecule has 0 aliphatic heterocycles. The molecule has 132 valence electrons. The van der Waals surface area contributed by atoms with E-state index < -0.39 is 0 Å². The van der Waals surface area contributed by atoms with Crippen molar-refractivity contribution in [3.63, 3.8) is 0 Å². The lowest BCUT2D eigenvalue weighted by Gasteiger charge is -2.06. The molecule has 1 N–H and O–H groups in total. The molecule has 0 saturated heterocycles. The minimum absolute atomic E-state index is 0.286. The molecule has 3 rings (SSSR count). The van der Waals surface area contributed by atoms with Gasteiger partial charge in [0.25, 0.3) is 0 Å². The number of carbonyl (C=O) groups is 1. The zero-order valence-electron chi connectivity index (χ0n) is 13.8. The highest BCUT2D eigenvalue weighted by Gasteiger charge is 2.02. The average molecular weight is 415 g/mol. The molecule has 0 unspecified atom stereocenters. The standard InChI is InChI=1S/C19H16BrFN4O/c20-17-5-6-18(21)16(9-17)4-7-19(26)23-10-14-2-1-3-15(8-14)11-25-13-22-12-24-25/h1-9,12-13H,10-11H2,(H,23,26)/b7-4+. The van der Waals surface area contributed by atoms with Gasteiger partial charge >= 0.3 is 0 Å². The first-order chi connectivity index (χ1) is 12.6.